The van der Waals surface area contributed by atoms with E-state index >= 15 is 0 Å². The number of pyridine rings is 1. The van der Waals surface area contributed by atoms with Crippen LogP contribution in [0.25, 0.3) is 0 Å². The fourth-order valence-electron chi connectivity index (χ4n) is 2.66. The second kappa shape index (κ2) is 7.09. The van der Waals surface area contributed by atoms with Crippen LogP contribution < -0.4 is 10.4 Å². The summed E-state index contributed by atoms with van der Waals surface area (Å²) in [5, 5.41) is 0. The SMILES string of the molecule is c1ccc(NOCC2CCN(c3ccncc3)CC2)cc1. The highest BCUT2D eigenvalue weighted by molar-refractivity contribution is 5.44. The molecule has 1 fully saturated rings. The van der Waals surface area contributed by atoms with E-state index in [2.05, 4.69) is 27.5 Å². The summed E-state index contributed by atoms with van der Waals surface area (Å²) < 4.78 is 0. The number of rotatable bonds is 5. The molecule has 1 saturated heterocycles. The standard InChI is InChI=1S/C17H21N3O/c1-2-4-16(5-3-1)19-21-14-15-8-12-20(13-9-15)17-6-10-18-11-7-17/h1-7,10-11,15,19H,8-9,12-14H2. The molecule has 0 unspecified atom stereocenters. The van der Waals surface area contributed by atoms with E-state index in [0.717, 1.165) is 25.4 Å². The number of benzene rings is 1. The van der Waals surface area contributed by atoms with Gasteiger partial charge in [0.15, 0.2) is 0 Å². The lowest BCUT2D eigenvalue weighted by atomic mass is 9.97. The molecule has 1 aliphatic heterocycles. The Morgan fingerprint density at radius 2 is 1.76 bits per heavy atom. The van der Waals surface area contributed by atoms with Gasteiger partial charge in [0, 0.05) is 31.2 Å². The van der Waals surface area contributed by atoms with Gasteiger partial charge in [0.2, 0.25) is 0 Å². The highest BCUT2D eigenvalue weighted by atomic mass is 16.6. The molecule has 4 heteroatoms. The van der Waals surface area contributed by atoms with Crippen LogP contribution in [0.1, 0.15) is 12.8 Å². The maximum atomic E-state index is 5.62. The highest BCUT2D eigenvalue weighted by Crippen LogP contribution is 2.22. The van der Waals surface area contributed by atoms with Crippen LogP contribution in [0.4, 0.5) is 11.4 Å². The third-order valence-electron chi connectivity index (χ3n) is 3.93. The van der Waals surface area contributed by atoms with Gasteiger partial charge in [-0.25, -0.2) is 0 Å². The highest BCUT2D eigenvalue weighted by Gasteiger charge is 2.19. The van der Waals surface area contributed by atoms with Crippen molar-refractivity contribution in [3.63, 3.8) is 0 Å². The molecule has 21 heavy (non-hydrogen) atoms. The van der Waals surface area contributed by atoms with Crippen LogP contribution in [0.5, 0.6) is 0 Å². The molecule has 0 spiro atoms. The van der Waals surface area contributed by atoms with Crippen LogP contribution in [0.3, 0.4) is 0 Å². The summed E-state index contributed by atoms with van der Waals surface area (Å²) in [5.41, 5.74) is 5.29. The summed E-state index contributed by atoms with van der Waals surface area (Å²) in [6, 6.07) is 14.2. The number of hydrogen-bond donors (Lipinski definition) is 1. The van der Waals surface area contributed by atoms with Crippen molar-refractivity contribution in [3.05, 3.63) is 54.9 Å². The number of nitrogens with zero attached hydrogens (tertiary/aromatic N) is 2. The molecule has 2 heterocycles. The molecule has 1 aromatic carbocycles. The molecule has 0 saturated carbocycles. The Morgan fingerprint density at radius 1 is 1.05 bits per heavy atom. The largest absolute Gasteiger partial charge is 0.371 e. The third kappa shape index (κ3) is 3.95. The topological polar surface area (TPSA) is 37.4 Å². The Bertz CT molecular complexity index is 521. The van der Waals surface area contributed by atoms with E-state index in [1.165, 1.54) is 18.5 Å². The molecule has 0 amide bonds. The lowest BCUT2D eigenvalue weighted by Gasteiger charge is -2.33. The van der Waals surface area contributed by atoms with Crippen LogP contribution in [0.2, 0.25) is 0 Å². The fraction of sp³-hybridized carbons (Fsp3) is 0.353. The van der Waals surface area contributed by atoms with E-state index in [-0.39, 0.29) is 0 Å². The molecular formula is C17H21N3O. The predicted molar refractivity (Wildman–Crippen MR) is 85.2 cm³/mol. The van der Waals surface area contributed by atoms with Crippen molar-refractivity contribution in [2.24, 2.45) is 5.92 Å². The Morgan fingerprint density at radius 3 is 2.48 bits per heavy atom. The van der Waals surface area contributed by atoms with Crippen molar-refractivity contribution in [2.75, 3.05) is 30.1 Å². The van der Waals surface area contributed by atoms with Gasteiger partial charge in [-0.3, -0.25) is 15.3 Å². The maximum Gasteiger partial charge on any atom is 0.0775 e. The number of nitrogens with one attached hydrogen (secondary N) is 1. The van der Waals surface area contributed by atoms with Gasteiger partial charge in [-0.2, -0.15) is 0 Å². The lowest BCUT2D eigenvalue weighted by Crippen LogP contribution is -2.35. The van der Waals surface area contributed by atoms with Crippen molar-refractivity contribution >= 4 is 11.4 Å². The van der Waals surface area contributed by atoms with Crippen LogP contribution in [-0.2, 0) is 4.84 Å². The minimum Gasteiger partial charge on any atom is -0.371 e. The summed E-state index contributed by atoms with van der Waals surface area (Å²) in [5.74, 6) is 0.624. The van der Waals surface area contributed by atoms with Crippen LogP contribution in [0.15, 0.2) is 54.9 Å². The average molecular weight is 283 g/mol. The van der Waals surface area contributed by atoms with Gasteiger partial charge < -0.3 is 4.90 Å². The Balaban J connectivity index is 1.40. The molecule has 0 bridgehead atoms. The summed E-state index contributed by atoms with van der Waals surface area (Å²) in [6.07, 6.45) is 6.04. The molecule has 1 aliphatic rings. The van der Waals surface area contributed by atoms with E-state index in [1.807, 2.05) is 42.7 Å². The molecule has 3 rings (SSSR count). The molecule has 4 nitrogen and oxygen atoms in total. The first-order chi connectivity index (χ1) is 10.4. The molecule has 2 aromatic rings. The van der Waals surface area contributed by atoms with Crippen molar-refractivity contribution in [1.29, 1.82) is 0 Å². The predicted octanol–water partition coefficient (Wildman–Crippen LogP) is 3.34. The molecule has 0 aliphatic carbocycles. The Hall–Kier alpha value is -2.07. The number of hydrogen-bond acceptors (Lipinski definition) is 4. The third-order valence-corrected chi connectivity index (χ3v) is 3.93. The van der Waals surface area contributed by atoms with Gasteiger partial charge in [-0.15, -0.1) is 0 Å². The number of aromatic nitrogens is 1. The van der Waals surface area contributed by atoms with E-state index in [0.29, 0.717) is 5.92 Å². The summed E-state index contributed by atoms with van der Waals surface area (Å²) in [6.45, 7) is 2.94. The summed E-state index contributed by atoms with van der Waals surface area (Å²) >= 11 is 0. The molecule has 110 valence electrons. The van der Waals surface area contributed by atoms with E-state index in [1.54, 1.807) is 0 Å². The first kappa shape index (κ1) is 13.9. The van der Waals surface area contributed by atoms with Crippen molar-refractivity contribution in [1.82, 2.24) is 4.98 Å². The minimum atomic E-state index is 0.624. The Kier molecular flexibility index (Phi) is 4.69. The molecule has 0 radical (unpaired) electrons. The zero-order valence-electron chi connectivity index (χ0n) is 12.1. The van der Waals surface area contributed by atoms with Crippen molar-refractivity contribution in [3.8, 4) is 0 Å². The summed E-state index contributed by atoms with van der Waals surface area (Å²) in [7, 11) is 0. The summed E-state index contributed by atoms with van der Waals surface area (Å²) in [4.78, 5) is 12.1. The monoisotopic (exact) mass is 283 g/mol. The van der Waals surface area contributed by atoms with Gasteiger partial charge >= 0.3 is 0 Å². The first-order valence-corrected chi connectivity index (χ1v) is 7.49. The molecule has 1 aromatic heterocycles. The second-order valence-electron chi connectivity index (χ2n) is 5.41. The molecular weight excluding hydrogens is 262 g/mol. The second-order valence-corrected chi connectivity index (χ2v) is 5.41. The normalized spacial score (nSPS) is 15.9. The van der Waals surface area contributed by atoms with Crippen molar-refractivity contribution < 1.29 is 4.84 Å². The van der Waals surface area contributed by atoms with Crippen LogP contribution in [-0.4, -0.2) is 24.7 Å². The number of para-hydroxylation sites is 1. The molecule has 1 N–H and O–H groups in total. The quantitative estimate of drug-likeness (QED) is 0.854. The van der Waals surface area contributed by atoms with Gasteiger partial charge in [-0.1, -0.05) is 18.2 Å². The smallest absolute Gasteiger partial charge is 0.0775 e. The molecule has 0 atom stereocenters. The fourth-order valence-corrected chi connectivity index (χ4v) is 2.66. The maximum absolute atomic E-state index is 5.62. The zero-order chi connectivity index (χ0) is 14.3. The number of piperidine rings is 1. The van der Waals surface area contributed by atoms with Crippen LogP contribution in [0, 0.1) is 5.92 Å². The minimum absolute atomic E-state index is 0.624. The lowest BCUT2D eigenvalue weighted by molar-refractivity contribution is 0.136. The van der Waals surface area contributed by atoms with Gasteiger partial charge in [0.05, 0.1) is 12.3 Å². The van der Waals surface area contributed by atoms with E-state index < -0.39 is 0 Å². The van der Waals surface area contributed by atoms with Gasteiger partial charge in [0.25, 0.3) is 0 Å². The zero-order valence-corrected chi connectivity index (χ0v) is 12.1. The van der Waals surface area contributed by atoms with Gasteiger partial charge in [-0.05, 0) is 43.0 Å². The first-order valence-electron chi connectivity index (χ1n) is 7.49. The Labute approximate surface area is 125 Å². The average Bonchev–Trinajstić information content (AvgIpc) is 2.57. The van der Waals surface area contributed by atoms with Crippen molar-refractivity contribution in [2.45, 2.75) is 12.8 Å². The van der Waals surface area contributed by atoms with E-state index in [4.69, 9.17) is 4.84 Å². The number of anilines is 2. The van der Waals surface area contributed by atoms with Crippen LogP contribution >= 0.6 is 0 Å². The van der Waals surface area contributed by atoms with E-state index in [9.17, 15) is 0 Å². The van der Waals surface area contributed by atoms with Gasteiger partial charge in [0.1, 0.15) is 0 Å².